The number of hydrogen-bond donors (Lipinski definition) is 1. The van der Waals surface area contributed by atoms with Crippen molar-refractivity contribution in [2.24, 2.45) is 0 Å². The third-order valence-corrected chi connectivity index (χ3v) is 4.81. The summed E-state index contributed by atoms with van der Waals surface area (Å²) in [5, 5.41) is 3.48. The molecule has 0 amide bonds. The van der Waals surface area contributed by atoms with Crippen LogP contribution >= 0.6 is 0 Å². The zero-order valence-electron chi connectivity index (χ0n) is 12.6. The van der Waals surface area contributed by atoms with Crippen molar-refractivity contribution in [3.63, 3.8) is 0 Å². The minimum Gasteiger partial charge on any atom is -0.370 e. The molecule has 2 aliphatic heterocycles. The SMILES string of the molecule is CNC1CCCN(CCN2CCCC2)c2ccccc21. The van der Waals surface area contributed by atoms with Crippen molar-refractivity contribution < 1.29 is 0 Å². The van der Waals surface area contributed by atoms with Crippen molar-refractivity contribution in [1.82, 2.24) is 10.2 Å². The summed E-state index contributed by atoms with van der Waals surface area (Å²) in [5.74, 6) is 0. The normalized spacial score (nSPS) is 23.6. The van der Waals surface area contributed by atoms with Crippen molar-refractivity contribution in [3.8, 4) is 0 Å². The summed E-state index contributed by atoms with van der Waals surface area (Å²) in [6, 6.07) is 9.47. The molecule has 1 unspecified atom stereocenters. The van der Waals surface area contributed by atoms with E-state index in [1.165, 1.54) is 69.7 Å². The van der Waals surface area contributed by atoms with Crippen LogP contribution in [-0.4, -0.2) is 44.7 Å². The zero-order chi connectivity index (χ0) is 13.8. The van der Waals surface area contributed by atoms with Crippen LogP contribution in [0.2, 0.25) is 0 Å². The lowest BCUT2D eigenvalue weighted by Crippen LogP contribution is -2.34. The minimum absolute atomic E-state index is 0.517. The highest BCUT2D eigenvalue weighted by Crippen LogP contribution is 2.32. The molecule has 1 N–H and O–H groups in total. The fraction of sp³-hybridized carbons (Fsp3) is 0.647. The second kappa shape index (κ2) is 6.59. The Bertz CT molecular complexity index is 426. The van der Waals surface area contributed by atoms with Gasteiger partial charge in [-0.05, 0) is 57.5 Å². The molecule has 1 saturated heterocycles. The van der Waals surface area contributed by atoms with Gasteiger partial charge >= 0.3 is 0 Å². The molecule has 0 aromatic heterocycles. The van der Waals surface area contributed by atoms with Gasteiger partial charge in [0.25, 0.3) is 0 Å². The Morgan fingerprint density at radius 1 is 1.05 bits per heavy atom. The van der Waals surface area contributed by atoms with Gasteiger partial charge in [-0.15, -0.1) is 0 Å². The average molecular weight is 273 g/mol. The van der Waals surface area contributed by atoms with Gasteiger partial charge in [0, 0.05) is 31.4 Å². The van der Waals surface area contributed by atoms with Crippen LogP contribution in [0.25, 0.3) is 0 Å². The third kappa shape index (κ3) is 2.99. The second-order valence-corrected chi connectivity index (χ2v) is 6.08. The number of nitrogens with one attached hydrogen (secondary N) is 1. The molecule has 1 aromatic carbocycles. The van der Waals surface area contributed by atoms with E-state index in [0.717, 1.165) is 0 Å². The second-order valence-electron chi connectivity index (χ2n) is 6.08. The van der Waals surface area contributed by atoms with Gasteiger partial charge in [0.1, 0.15) is 0 Å². The van der Waals surface area contributed by atoms with Crippen LogP contribution in [0.15, 0.2) is 24.3 Å². The summed E-state index contributed by atoms with van der Waals surface area (Å²) in [5.41, 5.74) is 2.93. The molecule has 3 heteroatoms. The lowest BCUT2D eigenvalue weighted by Gasteiger charge is -2.28. The fourth-order valence-corrected chi connectivity index (χ4v) is 3.63. The molecule has 1 fully saturated rings. The maximum Gasteiger partial charge on any atom is 0.0415 e. The summed E-state index contributed by atoms with van der Waals surface area (Å²) in [4.78, 5) is 5.22. The molecule has 0 saturated carbocycles. The van der Waals surface area contributed by atoms with Gasteiger partial charge in [-0.25, -0.2) is 0 Å². The Labute approximate surface area is 123 Å². The van der Waals surface area contributed by atoms with Crippen LogP contribution in [0.1, 0.15) is 37.3 Å². The van der Waals surface area contributed by atoms with Crippen LogP contribution in [0.5, 0.6) is 0 Å². The molecule has 2 heterocycles. The Morgan fingerprint density at radius 3 is 2.65 bits per heavy atom. The maximum atomic E-state index is 3.48. The van der Waals surface area contributed by atoms with Crippen LogP contribution in [-0.2, 0) is 0 Å². The van der Waals surface area contributed by atoms with E-state index in [9.17, 15) is 0 Å². The van der Waals surface area contributed by atoms with Crippen molar-refractivity contribution in [2.75, 3.05) is 44.7 Å². The van der Waals surface area contributed by atoms with E-state index in [2.05, 4.69) is 46.4 Å². The summed E-state index contributed by atoms with van der Waals surface area (Å²) < 4.78 is 0. The van der Waals surface area contributed by atoms with Crippen LogP contribution in [0.4, 0.5) is 5.69 Å². The number of para-hydroxylation sites is 1. The van der Waals surface area contributed by atoms with E-state index in [4.69, 9.17) is 0 Å². The molecule has 20 heavy (non-hydrogen) atoms. The van der Waals surface area contributed by atoms with E-state index in [-0.39, 0.29) is 0 Å². The Morgan fingerprint density at radius 2 is 1.85 bits per heavy atom. The summed E-state index contributed by atoms with van der Waals surface area (Å²) in [6.07, 6.45) is 5.30. The molecule has 0 spiro atoms. The minimum atomic E-state index is 0.517. The van der Waals surface area contributed by atoms with Crippen molar-refractivity contribution in [1.29, 1.82) is 0 Å². The van der Waals surface area contributed by atoms with E-state index < -0.39 is 0 Å². The van der Waals surface area contributed by atoms with E-state index >= 15 is 0 Å². The van der Waals surface area contributed by atoms with Crippen LogP contribution in [0.3, 0.4) is 0 Å². The van der Waals surface area contributed by atoms with E-state index in [0.29, 0.717) is 6.04 Å². The summed E-state index contributed by atoms with van der Waals surface area (Å²) in [6.45, 7) is 6.19. The highest BCUT2D eigenvalue weighted by molar-refractivity contribution is 5.55. The number of anilines is 1. The molecular weight excluding hydrogens is 246 g/mol. The molecule has 0 aliphatic carbocycles. The molecule has 1 aromatic rings. The molecule has 0 bridgehead atoms. The first-order chi connectivity index (χ1) is 9.88. The van der Waals surface area contributed by atoms with Crippen molar-refractivity contribution >= 4 is 5.69 Å². The molecule has 3 rings (SSSR count). The Kier molecular flexibility index (Phi) is 4.58. The molecule has 1 atom stereocenters. The number of hydrogen-bond acceptors (Lipinski definition) is 3. The number of fused-ring (bicyclic) bond motifs is 1. The lowest BCUT2D eigenvalue weighted by molar-refractivity contribution is 0.344. The topological polar surface area (TPSA) is 18.5 Å². The monoisotopic (exact) mass is 273 g/mol. The van der Waals surface area contributed by atoms with Gasteiger partial charge in [-0.3, -0.25) is 0 Å². The Hall–Kier alpha value is -1.06. The van der Waals surface area contributed by atoms with E-state index in [1.807, 2.05) is 0 Å². The molecule has 2 aliphatic rings. The van der Waals surface area contributed by atoms with Crippen LogP contribution < -0.4 is 10.2 Å². The maximum absolute atomic E-state index is 3.48. The standard InChI is InChI=1S/C17H27N3/c1-18-16-8-6-12-20(14-13-19-10-4-5-11-19)17-9-3-2-7-15(16)17/h2-3,7,9,16,18H,4-6,8,10-14H2,1H3. The van der Waals surface area contributed by atoms with E-state index in [1.54, 1.807) is 0 Å². The van der Waals surface area contributed by atoms with Crippen molar-refractivity contribution in [2.45, 2.75) is 31.7 Å². The molecule has 0 radical (unpaired) electrons. The van der Waals surface area contributed by atoms with Gasteiger partial charge < -0.3 is 15.1 Å². The lowest BCUT2D eigenvalue weighted by atomic mass is 10.0. The first-order valence-electron chi connectivity index (χ1n) is 8.12. The van der Waals surface area contributed by atoms with Gasteiger partial charge in [-0.1, -0.05) is 18.2 Å². The van der Waals surface area contributed by atoms with Crippen LogP contribution in [0, 0.1) is 0 Å². The average Bonchev–Trinajstić information content (AvgIpc) is 2.94. The van der Waals surface area contributed by atoms with Crippen molar-refractivity contribution in [3.05, 3.63) is 29.8 Å². The predicted molar refractivity (Wildman–Crippen MR) is 85.4 cm³/mol. The number of benzene rings is 1. The first-order valence-corrected chi connectivity index (χ1v) is 8.12. The molecule has 110 valence electrons. The highest BCUT2D eigenvalue weighted by Gasteiger charge is 2.22. The van der Waals surface area contributed by atoms with Gasteiger partial charge in [-0.2, -0.15) is 0 Å². The van der Waals surface area contributed by atoms with Gasteiger partial charge in [0.05, 0.1) is 0 Å². The number of likely N-dealkylation sites (tertiary alicyclic amines) is 1. The highest BCUT2D eigenvalue weighted by atomic mass is 15.2. The number of nitrogens with zero attached hydrogens (tertiary/aromatic N) is 2. The largest absolute Gasteiger partial charge is 0.370 e. The molecule has 3 nitrogen and oxygen atoms in total. The third-order valence-electron chi connectivity index (χ3n) is 4.81. The summed E-state index contributed by atoms with van der Waals surface area (Å²) >= 11 is 0. The molecular formula is C17H27N3. The van der Waals surface area contributed by atoms with Gasteiger partial charge in [0.2, 0.25) is 0 Å². The zero-order valence-corrected chi connectivity index (χ0v) is 12.6. The quantitative estimate of drug-likeness (QED) is 0.910. The fourth-order valence-electron chi connectivity index (χ4n) is 3.63. The predicted octanol–water partition coefficient (Wildman–Crippen LogP) is 2.64. The number of rotatable bonds is 4. The Balaban J connectivity index is 1.73. The first kappa shape index (κ1) is 13.9. The smallest absolute Gasteiger partial charge is 0.0415 e. The summed E-state index contributed by atoms with van der Waals surface area (Å²) in [7, 11) is 2.08. The van der Waals surface area contributed by atoms with Gasteiger partial charge in [0.15, 0.2) is 0 Å².